The van der Waals surface area contributed by atoms with Gasteiger partial charge in [-0.1, -0.05) is 0 Å². The third-order valence-electron chi connectivity index (χ3n) is 5.37. The summed E-state index contributed by atoms with van der Waals surface area (Å²) in [4.78, 5) is 19.6. The smallest absolute Gasteiger partial charge is 0.254 e. The van der Waals surface area contributed by atoms with Gasteiger partial charge in [-0.15, -0.1) is 24.8 Å². The Bertz CT molecular complexity index is 749. The van der Waals surface area contributed by atoms with E-state index in [1.807, 2.05) is 24.8 Å². The van der Waals surface area contributed by atoms with Crippen molar-refractivity contribution in [3.8, 4) is 0 Å². The van der Waals surface area contributed by atoms with Gasteiger partial charge in [-0.3, -0.25) is 9.89 Å². The van der Waals surface area contributed by atoms with E-state index in [1.165, 1.54) is 0 Å². The number of amides is 1. The summed E-state index contributed by atoms with van der Waals surface area (Å²) in [5.41, 5.74) is 3.13. The minimum absolute atomic E-state index is 0. The number of pyridine rings is 1. The molecule has 2 atom stereocenters. The van der Waals surface area contributed by atoms with Gasteiger partial charge in [-0.2, -0.15) is 5.10 Å². The van der Waals surface area contributed by atoms with Crippen LogP contribution in [0.25, 0.3) is 11.0 Å². The van der Waals surface area contributed by atoms with E-state index in [9.17, 15) is 4.79 Å². The van der Waals surface area contributed by atoms with E-state index in [4.69, 9.17) is 0 Å². The molecule has 0 aliphatic carbocycles. The van der Waals surface area contributed by atoms with Crippen molar-refractivity contribution >= 4 is 41.8 Å². The van der Waals surface area contributed by atoms with E-state index >= 15 is 0 Å². The Labute approximate surface area is 160 Å². The van der Waals surface area contributed by atoms with Crippen LogP contribution in [0.4, 0.5) is 0 Å². The standard InChI is InChI=1S/C17H23N5O.2ClH/c1-10-7-14(15-11(2)20-21-16(15)19-10)17(23)22-5-3-12-8-18-9-13(12)4-6-22;;/h7,12-13,18H,3-6,8-9H2,1-2H3,(H,19,20,21);2*1H/t12-,13+;;. The average Bonchev–Trinajstić information content (AvgIpc) is 3.08. The molecule has 1 amide bonds. The molecule has 8 heteroatoms. The van der Waals surface area contributed by atoms with Gasteiger partial charge in [0.05, 0.1) is 10.9 Å². The Balaban J connectivity index is 0.00000113. The second-order valence-corrected chi connectivity index (χ2v) is 6.91. The first kappa shape index (κ1) is 19.9. The van der Waals surface area contributed by atoms with Gasteiger partial charge in [0, 0.05) is 24.5 Å². The number of H-pyrrole nitrogens is 1. The van der Waals surface area contributed by atoms with Gasteiger partial charge in [0.1, 0.15) is 0 Å². The highest BCUT2D eigenvalue weighted by Crippen LogP contribution is 2.29. The number of likely N-dealkylation sites (tertiary alicyclic amines) is 1. The van der Waals surface area contributed by atoms with Crippen LogP contribution in [0.2, 0.25) is 0 Å². The zero-order chi connectivity index (χ0) is 16.0. The van der Waals surface area contributed by atoms with Gasteiger partial charge in [-0.05, 0) is 57.7 Å². The fourth-order valence-electron chi connectivity index (χ4n) is 4.06. The maximum atomic E-state index is 13.1. The normalized spacial score (nSPS) is 22.7. The van der Waals surface area contributed by atoms with Crippen LogP contribution in [0, 0.1) is 25.7 Å². The summed E-state index contributed by atoms with van der Waals surface area (Å²) in [5.74, 6) is 1.57. The van der Waals surface area contributed by atoms with Crippen molar-refractivity contribution < 1.29 is 4.79 Å². The minimum atomic E-state index is 0. The second-order valence-electron chi connectivity index (χ2n) is 6.91. The molecule has 0 aromatic carbocycles. The van der Waals surface area contributed by atoms with E-state index in [-0.39, 0.29) is 30.7 Å². The molecule has 0 bridgehead atoms. The molecule has 2 fully saturated rings. The molecule has 2 aliphatic heterocycles. The number of hydrogen-bond acceptors (Lipinski definition) is 4. The quantitative estimate of drug-likeness (QED) is 0.790. The number of carbonyl (C=O) groups is 1. The van der Waals surface area contributed by atoms with Gasteiger partial charge >= 0.3 is 0 Å². The lowest BCUT2D eigenvalue weighted by molar-refractivity contribution is 0.0760. The van der Waals surface area contributed by atoms with Crippen LogP contribution in [-0.2, 0) is 0 Å². The Hall–Kier alpha value is -1.37. The number of aromatic amines is 1. The van der Waals surface area contributed by atoms with Crippen molar-refractivity contribution in [2.24, 2.45) is 11.8 Å². The number of halogens is 2. The molecule has 2 saturated heterocycles. The van der Waals surface area contributed by atoms with E-state index in [0.717, 1.165) is 73.2 Å². The van der Waals surface area contributed by atoms with Crippen LogP contribution in [0.1, 0.15) is 34.6 Å². The molecule has 25 heavy (non-hydrogen) atoms. The molecule has 4 heterocycles. The Morgan fingerprint density at radius 2 is 1.80 bits per heavy atom. The highest BCUT2D eigenvalue weighted by Gasteiger charge is 2.32. The zero-order valence-corrected chi connectivity index (χ0v) is 16.2. The summed E-state index contributed by atoms with van der Waals surface area (Å²) in [6.07, 6.45) is 2.20. The molecule has 2 aromatic rings. The van der Waals surface area contributed by atoms with Crippen LogP contribution in [0.15, 0.2) is 6.07 Å². The van der Waals surface area contributed by atoms with Gasteiger partial charge in [0.25, 0.3) is 5.91 Å². The van der Waals surface area contributed by atoms with Crippen molar-refractivity contribution in [1.82, 2.24) is 25.4 Å². The lowest BCUT2D eigenvalue weighted by atomic mass is 9.92. The van der Waals surface area contributed by atoms with Crippen LogP contribution >= 0.6 is 24.8 Å². The highest BCUT2D eigenvalue weighted by atomic mass is 35.5. The SMILES string of the molecule is Cc1cc(C(=O)N2CC[C@@H]3CNC[C@@H]3CC2)c2c(C)[nH]nc2n1.Cl.Cl. The maximum Gasteiger partial charge on any atom is 0.254 e. The minimum Gasteiger partial charge on any atom is -0.339 e. The number of aromatic nitrogens is 3. The highest BCUT2D eigenvalue weighted by molar-refractivity contribution is 6.06. The summed E-state index contributed by atoms with van der Waals surface area (Å²) < 4.78 is 0. The molecule has 6 nitrogen and oxygen atoms in total. The van der Waals surface area contributed by atoms with E-state index in [1.54, 1.807) is 0 Å². The molecule has 0 radical (unpaired) electrons. The molecule has 0 unspecified atom stereocenters. The van der Waals surface area contributed by atoms with E-state index in [2.05, 4.69) is 20.5 Å². The number of fused-ring (bicyclic) bond motifs is 2. The van der Waals surface area contributed by atoms with Crippen LogP contribution < -0.4 is 5.32 Å². The summed E-state index contributed by atoms with van der Waals surface area (Å²) in [6.45, 7) is 7.77. The Kier molecular flexibility index (Phi) is 6.30. The third-order valence-corrected chi connectivity index (χ3v) is 5.37. The fourth-order valence-corrected chi connectivity index (χ4v) is 4.06. The summed E-state index contributed by atoms with van der Waals surface area (Å²) in [6, 6.07) is 1.90. The fraction of sp³-hybridized carbons (Fsp3) is 0.588. The van der Waals surface area contributed by atoms with Crippen LogP contribution in [0.5, 0.6) is 0 Å². The predicted molar refractivity (Wildman–Crippen MR) is 103 cm³/mol. The van der Waals surface area contributed by atoms with E-state index in [0.29, 0.717) is 5.65 Å². The first-order valence-electron chi connectivity index (χ1n) is 8.46. The topological polar surface area (TPSA) is 73.9 Å². The Morgan fingerprint density at radius 1 is 1.16 bits per heavy atom. The monoisotopic (exact) mass is 385 g/mol. The molecule has 2 aliphatic rings. The molecular weight excluding hydrogens is 361 g/mol. The van der Waals surface area contributed by atoms with E-state index < -0.39 is 0 Å². The molecule has 4 rings (SSSR count). The predicted octanol–water partition coefficient (Wildman–Crippen LogP) is 2.49. The number of hydrogen-bond donors (Lipinski definition) is 2. The number of aryl methyl sites for hydroxylation is 2. The van der Waals surface area contributed by atoms with Gasteiger partial charge in [-0.25, -0.2) is 4.98 Å². The van der Waals surface area contributed by atoms with Crippen molar-refractivity contribution in [3.63, 3.8) is 0 Å². The number of nitrogens with zero attached hydrogens (tertiary/aromatic N) is 3. The first-order chi connectivity index (χ1) is 11.1. The van der Waals surface area contributed by atoms with Crippen molar-refractivity contribution in [2.75, 3.05) is 26.2 Å². The van der Waals surface area contributed by atoms with Crippen molar-refractivity contribution in [2.45, 2.75) is 26.7 Å². The molecule has 138 valence electrons. The zero-order valence-electron chi connectivity index (χ0n) is 14.5. The number of carbonyl (C=O) groups excluding carboxylic acids is 1. The third kappa shape index (κ3) is 3.61. The molecule has 0 saturated carbocycles. The first-order valence-corrected chi connectivity index (χ1v) is 8.46. The average molecular weight is 386 g/mol. The number of rotatable bonds is 1. The summed E-state index contributed by atoms with van der Waals surface area (Å²) >= 11 is 0. The van der Waals surface area contributed by atoms with Crippen LogP contribution in [0.3, 0.4) is 0 Å². The molecule has 2 N–H and O–H groups in total. The van der Waals surface area contributed by atoms with Crippen molar-refractivity contribution in [1.29, 1.82) is 0 Å². The largest absolute Gasteiger partial charge is 0.339 e. The molecule has 2 aromatic heterocycles. The lowest BCUT2D eigenvalue weighted by Crippen LogP contribution is -2.33. The van der Waals surface area contributed by atoms with Gasteiger partial charge in [0.15, 0.2) is 5.65 Å². The molecule has 0 spiro atoms. The lowest BCUT2D eigenvalue weighted by Gasteiger charge is -2.21. The second kappa shape index (κ2) is 7.89. The summed E-state index contributed by atoms with van der Waals surface area (Å²) in [5, 5.41) is 11.5. The molecular formula is C17H25Cl2N5O. The Morgan fingerprint density at radius 3 is 2.44 bits per heavy atom. The van der Waals surface area contributed by atoms with Crippen LogP contribution in [-0.4, -0.2) is 52.2 Å². The maximum absolute atomic E-state index is 13.1. The van der Waals surface area contributed by atoms with Crippen molar-refractivity contribution in [3.05, 3.63) is 23.0 Å². The number of nitrogens with one attached hydrogen (secondary N) is 2. The van der Waals surface area contributed by atoms with Gasteiger partial charge < -0.3 is 10.2 Å². The summed E-state index contributed by atoms with van der Waals surface area (Å²) in [7, 11) is 0. The van der Waals surface area contributed by atoms with Gasteiger partial charge in [0.2, 0.25) is 0 Å².